The zero-order valence-corrected chi connectivity index (χ0v) is 13.1. The molecule has 3 heterocycles. The molecule has 5 rings (SSSR count). The number of hydrogen-bond donors (Lipinski definition) is 2. The summed E-state index contributed by atoms with van der Waals surface area (Å²) in [5, 5.41) is 4.61. The Morgan fingerprint density at radius 2 is 1.12 bits per heavy atom. The number of para-hydroxylation sites is 2. The number of benzene rings is 2. The molecule has 0 unspecified atom stereocenters. The largest absolute Gasteiger partial charge is 0.314 e. The molecule has 0 bridgehead atoms. The molecule has 5 aromatic rings. The van der Waals surface area contributed by atoms with Crippen molar-refractivity contribution < 1.29 is 0 Å². The molecule has 0 aliphatic heterocycles. The molecule has 5 nitrogen and oxygen atoms in total. The third kappa shape index (κ3) is 1.57. The maximum absolute atomic E-state index is 6.01. The number of hydrogen-bond acceptors (Lipinski definition) is 3. The summed E-state index contributed by atoms with van der Waals surface area (Å²) >= 11 is 0. The molecule has 0 amide bonds. The van der Waals surface area contributed by atoms with Gasteiger partial charge in [0.2, 0.25) is 0 Å². The average molecular weight is 315 g/mol. The van der Waals surface area contributed by atoms with Crippen molar-refractivity contribution in [3.63, 3.8) is 0 Å². The highest BCUT2D eigenvalue weighted by Crippen LogP contribution is 2.34. The zero-order valence-electron chi connectivity index (χ0n) is 13.1. The predicted molar refractivity (Wildman–Crippen MR) is 98.6 cm³/mol. The summed E-state index contributed by atoms with van der Waals surface area (Å²) in [4.78, 5) is 4.96. The summed E-state index contributed by atoms with van der Waals surface area (Å²) in [6, 6.07) is 18.8. The van der Waals surface area contributed by atoms with Gasteiger partial charge >= 0.3 is 0 Å². The summed E-state index contributed by atoms with van der Waals surface area (Å²) in [5.41, 5.74) is 16.0. The van der Waals surface area contributed by atoms with Crippen LogP contribution in [0.25, 0.3) is 43.9 Å². The van der Waals surface area contributed by atoms with E-state index in [1.54, 1.807) is 0 Å². The van der Waals surface area contributed by atoms with Crippen LogP contribution in [0.15, 0.2) is 54.6 Å². The number of aromatic nitrogens is 3. The summed E-state index contributed by atoms with van der Waals surface area (Å²) in [5.74, 6) is 0. The Morgan fingerprint density at radius 1 is 0.667 bits per heavy atom. The van der Waals surface area contributed by atoms with Crippen molar-refractivity contribution in [1.82, 2.24) is 14.1 Å². The van der Waals surface area contributed by atoms with Crippen LogP contribution >= 0.6 is 0 Å². The van der Waals surface area contributed by atoms with Crippen LogP contribution in [0.4, 0.5) is 0 Å². The van der Waals surface area contributed by atoms with Crippen LogP contribution in [0.5, 0.6) is 0 Å². The topological polar surface area (TPSA) is 74.8 Å². The van der Waals surface area contributed by atoms with Gasteiger partial charge in [0.25, 0.3) is 0 Å². The molecule has 0 aliphatic rings. The van der Waals surface area contributed by atoms with Crippen LogP contribution in [0.2, 0.25) is 0 Å². The van der Waals surface area contributed by atoms with Crippen molar-refractivity contribution in [3.8, 4) is 0 Å². The predicted octanol–water partition coefficient (Wildman–Crippen LogP) is 3.13. The Morgan fingerprint density at radius 3 is 1.58 bits per heavy atom. The van der Waals surface area contributed by atoms with Crippen LogP contribution in [0, 0.1) is 0 Å². The molecule has 0 saturated carbocycles. The van der Waals surface area contributed by atoms with E-state index < -0.39 is 0 Å². The first-order valence-corrected chi connectivity index (χ1v) is 8.02. The molecule has 0 fully saturated rings. The number of rotatable bonds is 2. The third-order valence-corrected chi connectivity index (χ3v) is 4.83. The molecule has 0 radical (unpaired) electrons. The molecule has 2 aromatic carbocycles. The van der Waals surface area contributed by atoms with Crippen LogP contribution in [-0.4, -0.2) is 14.1 Å². The van der Waals surface area contributed by atoms with Gasteiger partial charge in [-0.1, -0.05) is 36.4 Å². The summed E-state index contributed by atoms with van der Waals surface area (Å²) in [7, 11) is 0. The van der Waals surface area contributed by atoms with Gasteiger partial charge in [0.15, 0.2) is 0 Å². The molecule has 0 aliphatic carbocycles. The molecule has 4 N–H and O–H groups in total. The second-order valence-corrected chi connectivity index (χ2v) is 5.99. The average Bonchev–Trinajstić information content (AvgIpc) is 3.11. The second kappa shape index (κ2) is 4.80. The fourth-order valence-corrected chi connectivity index (χ4v) is 3.77. The Balaban J connectivity index is 2.07. The highest BCUT2D eigenvalue weighted by Gasteiger charge is 2.16. The Labute approximate surface area is 138 Å². The lowest BCUT2D eigenvalue weighted by Gasteiger charge is -2.04. The van der Waals surface area contributed by atoms with Crippen molar-refractivity contribution in [2.45, 2.75) is 13.3 Å². The van der Waals surface area contributed by atoms with Gasteiger partial charge in [-0.2, -0.15) is 0 Å². The SMILES string of the molecule is NCn1c2ccccc2c2cc3c4ccccc4n(CN)c3nc21. The Hall–Kier alpha value is -2.89. The lowest BCUT2D eigenvalue weighted by molar-refractivity contribution is 0.769. The van der Waals surface area contributed by atoms with E-state index in [1.165, 1.54) is 10.8 Å². The van der Waals surface area contributed by atoms with Crippen molar-refractivity contribution in [2.75, 3.05) is 0 Å². The van der Waals surface area contributed by atoms with Crippen molar-refractivity contribution in [3.05, 3.63) is 54.6 Å². The monoisotopic (exact) mass is 315 g/mol. The van der Waals surface area contributed by atoms with Gasteiger partial charge in [0, 0.05) is 21.5 Å². The summed E-state index contributed by atoms with van der Waals surface area (Å²) < 4.78 is 4.12. The zero-order chi connectivity index (χ0) is 16.3. The molecule has 24 heavy (non-hydrogen) atoms. The summed E-state index contributed by atoms with van der Waals surface area (Å²) in [6.07, 6.45) is 0. The molecule has 118 valence electrons. The maximum atomic E-state index is 6.01. The van der Waals surface area contributed by atoms with E-state index in [2.05, 4.69) is 51.6 Å². The van der Waals surface area contributed by atoms with Gasteiger partial charge < -0.3 is 20.6 Å². The fourth-order valence-electron chi connectivity index (χ4n) is 3.77. The maximum Gasteiger partial charge on any atom is 0.144 e. The number of pyridine rings is 1. The van der Waals surface area contributed by atoms with Gasteiger partial charge in [-0.05, 0) is 18.2 Å². The van der Waals surface area contributed by atoms with Crippen LogP contribution in [0.3, 0.4) is 0 Å². The fraction of sp³-hybridized carbons (Fsp3) is 0.105. The lowest BCUT2D eigenvalue weighted by atomic mass is 10.1. The van der Waals surface area contributed by atoms with Gasteiger partial charge in [-0.3, -0.25) is 0 Å². The Kier molecular flexibility index (Phi) is 2.71. The number of nitrogens with zero attached hydrogens (tertiary/aromatic N) is 3. The molecule has 0 spiro atoms. The lowest BCUT2D eigenvalue weighted by Crippen LogP contribution is -2.09. The normalized spacial score (nSPS) is 12.1. The van der Waals surface area contributed by atoms with Crippen LogP contribution in [-0.2, 0) is 13.3 Å². The van der Waals surface area contributed by atoms with Gasteiger partial charge in [0.05, 0.1) is 24.4 Å². The van der Waals surface area contributed by atoms with Crippen molar-refractivity contribution in [2.24, 2.45) is 11.5 Å². The summed E-state index contributed by atoms with van der Waals surface area (Å²) in [6.45, 7) is 0.788. The molecular weight excluding hydrogens is 298 g/mol. The minimum Gasteiger partial charge on any atom is -0.314 e. The van der Waals surface area contributed by atoms with Gasteiger partial charge in [-0.15, -0.1) is 0 Å². The first-order valence-electron chi connectivity index (χ1n) is 8.02. The van der Waals surface area contributed by atoms with Gasteiger partial charge in [-0.25, -0.2) is 4.98 Å². The smallest absolute Gasteiger partial charge is 0.144 e. The quantitative estimate of drug-likeness (QED) is 0.525. The third-order valence-electron chi connectivity index (χ3n) is 4.83. The minimum absolute atomic E-state index is 0.394. The molecule has 5 heteroatoms. The number of fused-ring (bicyclic) bond motifs is 6. The Bertz CT molecular complexity index is 1140. The first-order chi connectivity index (χ1) is 11.8. The standard InChI is InChI=1S/C19H17N5/c20-10-23-16-7-3-1-5-12(16)14-9-15-13-6-2-4-8-17(13)24(11-21)19(15)22-18(14)23/h1-9H,10-11,20-21H2. The van der Waals surface area contributed by atoms with Crippen LogP contribution in [0.1, 0.15) is 0 Å². The minimum atomic E-state index is 0.394. The molecule has 0 atom stereocenters. The first kappa shape index (κ1) is 13.5. The highest BCUT2D eigenvalue weighted by molar-refractivity contribution is 6.15. The second-order valence-electron chi connectivity index (χ2n) is 5.99. The van der Waals surface area contributed by atoms with E-state index in [9.17, 15) is 0 Å². The van der Waals surface area contributed by atoms with E-state index >= 15 is 0 Å². The highest BCUT2D eigenvalue weighted by atomic mass is 15.1. The van der Waals surface area contributed by atoms with Crippen molar-refractivity contribution in [1.29, 1.82) is 0 Å². The molecular formula is C19H17N5. The van der Waals surface area contributed by atoms with E-state index in [-0.39, 0.29) is 0 Å². The van der Waals surface area contributed by atoms with Crippen molar-refractivity contribution >= 4 is 43.9 Å². The van der Waals surface area contributed by atoms with E-state index in [0.717, 1.165) is 33.1 Å². The molecule has 0 saturated heterocycles. The molecule has 3 aromatic heterocycles. The van der Waals surface area contributed by atoms with E-state index in [1.807, 2.05) is 12.1 Å². The van der Waals surface area contributed by atoms with E-state index in [4.69, 9.17) is 16.5 Å². The van der Waals surface area contributed by atoms with E-state index in [0.29, 0.717) is 13.3 Å². The van der Waals surface area contributed by atoms with Gasteiger partial charge in [0.1, 0.15) is 11.3 Å². The van der Waals surface area contributed by atoms with Crippen LogP contribution < -0.4 is 11.5 Å². The number of nitrogens with two attached hydrogens (primary N) is 2.